The fourth-order valence-corrected chi connectivity index (χ4v) is 2.47. The SMILES string of the molecule is Oc1ccc2ccnc(Nc3ccc(CCCl)cc3)c2c1. The summed E-state index contributed by atoms with van der Waals surface area (Å²) in [7, 11) is 0. The van der Waals surface area contributed by atoms with Crippen molar-refractivity contribution >= 4 is 33.9 Å². The number of hydrogen-bond acceptors (Lipinski definition) is 3. The molecule has 4 heteroatoms. The standard InChI is InChI=1S/C17H15ClN2O/c18-9-7-12-1-4-14(5-2-12)20-17-16-11-15(21)6-3-13(16)8-10-19-17/h1-6,8,10-11,21H,7,9H2,(H,19,20). The lowest BCUT2D eigenvalue weighted by molar-refractivity contribution is 0.476. The Bertz CT molecular complexity index is 756. The number of aromatic nitrogens is 1. The van der Waals surface area contributed by atoms with Crippen LogP contribution < -0.4 is 5.32 Å². The highest BCUT2D eigenvalue weighted by atomic mass is 35.5. The van der Waals surface area contributed by atoms with Gasteiger partial charge in [-0.3, -0.25) is 0 Å². The number of nitrogens with zero attached hydrogens (tertiary/aromatic N) is 1. The van der Waals surface area contributed by atoms with Crippen LogP contribution in [-0.4, -0.2) is 16.0 Å². The van der Waals surface area contributed by atoms with E-state index in [-0.39, 0.29) is 5.75 Å². The van der Waals surface area contributed by atoms with Crippen LogP contribution in [0.1, 0.15) is 5.56 Å². The number of pyridine rings is 1. The maximum absolute atomic E-state index is 9.65. The number of aryl methyl sites for hydroxylation is 1. The lowest BCUT2D eigenvalue weighted by Gasteiger charge is -2.09. The molecule has 1 aromatic heterocycles. The van der Waals surface area contributed by atoms with Gasteiger partial charge in [-0.25, -0.2) is 4.98 Å². The van der Waals surface area contributed by atoms with E-state index in [4.69, 9.17) is 11.6 Å². The lowest BCUT2D eigenvalue weighted by Crippen LogP contribution is -1.95. The smallest absolute Gasteiger partial charge is 0.138 e. The average molecular weight is 299 g/mol. The summed E-state index contributed by atoms with van der Waals surface area (Å²) in [5.74, 6) is 1.58. The minimum atomic E-state index is 0.232. The molecule has 21 heavy (non-hydrogen) atoms. The number of aromatic hydroxyl groups is 1. The molecule has 0 amide bonds. The minimum absolute atomic E-state index is 0.232. The van der Waals surface area contributed by atoms with Gasteiger partial charge in [-0.2, -0.15) is 0 Å². The fourth-order valence-electron chi connectivity index (χ4n) is 2.26. The molecule has 0 spiro atoms. The van der Waals surface area contributed by atoms with Gasteiger partial charge in [0, 0.05) is 23.2 Å². The van der Waals surface area contributed by atoms with E-state index < -0.39 is 0 Å². The molecule has 0 radical (unpaired) electrons. The topological polar surface area (TPSA) is 45.2 Å². The summed E-state index contributed by atoms with van der Waals surface area (Å²) in [4.78, 5) is 4.36. The first-order chi connectivity index (χ1) is 10.3. The zero-order chi connectivity index (χ0) is 14.7. The third-order valence-electron chi connectivity index (χ3n) is 3.35. The number of phenolic OH excluding ortho intramolecular Hbond substituents is 1. The van der Waals surface area contributed by atoms with Gasteiger partial charge in [-0.15, -0.1) is 11.6 Å². The Morgan fingerprint density at radius 3 is 2.62 bits per heavy atom. The van der Waals surface area contributed by atoms with Crippen LogP contribution in [0.5, 0.6) is 5.75 Å². The molecule has 106 valence electrons. The number of nitrogens with one attached hydrogen (secondary N) is 1. The molecule has 0 aliphatic heterocycles. The molecule has 0 saturated heterocycles. The van der Waals surface area contributed by atoms with E-state index in [9.17, 15) is 5.11 Å². The molecule has 3 nitrogen and oxygen atoms in total. The first-order valence-electron chi connectivity index (χ1n) is 6.76. The highest BCUT2D eigenvalue weighted by molar-refractivity contribution is 6.18. The van der Waals surface area contributed by atoms with Crippen LogP contribution in [0.2, 0.25) is 0 Å². The Morgan fingerprint density at radius 1 is 1.05 bits per heavy atom. The van der Waals surface area contributed by atoms with Crippen LogP contribution in [0.15, 0.2) is 54.7 Å². The van der Waals surface area contributed by atoms with E-state index in [0.717, 1.165) is 28.7 Å². The van der Waals surface area contributed by atoms with Gasteiger partial charge in [0.25, 0.3) is 0 Å². The highest BCUT2D eigenvalue weighted by Crippen LogP contribution is 2.27. The third kappa shape index (κ3) is 3.09. The fraction of sp³-hybridized carbons (Fsp3) is 0.118. The Labute approximate surface area is 128 Å². The van der Waals surface area contributed by atoms with Crippen LogP contribution in [0.3, 0.4) is 0 Å². The van der Waals surface area contributed by atoms with Crippen LogP contribution in [-0.2, 0) is 6.42 Å². The summed E-state index contributed by atoms with van der Waals surface area (Å²) in [6.45, 7) is 0. The number of hydrogen-bond donors (Lipinski definition) is 2. The number of phenols is 1. The monoisotopic (exact) mass is 298 g/mol. The van der Waals surface area contributed by atoms with Crippen molar-refractivity contribution in [3.8, 4) is 5.75 Å². The van der Waals surface area contributed by atoms with E-state index in [2.05, 4.69) is 10.3 Å². The van der Waals surface area contributed by atoms with Crippen molar-refractivity contribution < 1.29 is 5.11 Å². The van der Waals surface area contributed by atoms with Gasteiger partial charge in [0.05, 0.1) is 0 Å². The van der Waals surface area contributed by atoms with E-state index in [1.54, 1.807) is 18.3 Å². The summed E-state index contributed by atoms with van der Waals surface area (Å²) in [5, 5.41) is 14.9. The maximum atomic E-state index is 9.65. The van der Waals surface area contributed by atoms with Crippen molar-refractivity contribution in [2.45, 2.75) is 6.42 Å². The molecule has 0 aliphatic carbocycles. The number of fused-ring (bicyclic) bond motifs is 1. The molecule has 3 aromatic rings. The summed E-state index contributed by atoms with van der Waals surface area (Å²) in [5.41, 5.74) is 2.16. The second-order valence-electron chi connectivity index (χ2n) is 4.83. The van der Waals surface area contributed by atoms with Crippen LogP contribution in [0, 0.1) is 0 Å². The molecular formula is C17H15ClN2O. The molecule has 0 aliphatic rings. The summed E-state index contributed by atoms with van der Waals surface area (Å²) in [6, 6.07) is 15.3. The van der Waals surface area contributed by atoms with Crippen molar-refractivity contribution in [1.82, 2.24) is 4.98 Å². The Morgan fingerprint density at radius 2 is 1.86 bits per heavy atom. The van der Waals surface area contributed by atoms with Gasteiger partial charge in [-0.1, -0.05) is 18.2 Å². The van der Waals surface area contributed by atoms with Gasteiger partial charge in [0.15, 0.2) is 0 Å². The van der Waals surface area contributed by atoms with Gasteiger partial charge in [0.2, 0.25) is 0 Å². The minimum Gasteiger partial charge on any atom is -0.508 e. The van der Waals surface area contributed by atoms with Crippen LogP contribution in [0.25, 0.3) is 10.8 Å². The number of benzene rings is 2. The van der Waals surface area contributed by atoms with Crippen molar-refractivity contribution in [1.29, 1.82) is 0 Å². The predicted octanol–water partition coefficient (Wildman–Crippen LogP) is 4.47. The number of anilines is 2. The van der Waals surface area contributed by atoms with Crippen molar-refractivity contribution in [2.75, 3.05) is 11.2 Å². The highest BCUT2D eigenvalue weighted by Gasteiger charge is 2.04. The second kappa shape index (κ2) is 6.02. The molecule has 0 atom stereocenters. The molecule has 2 aromatic carbocycles. The van der Waals surface area contributed by atoms with Gasteiger partial charge >= 0.3 is 0 Å². The largest absolute Gasteiger partial charge is 0.508 e. The molecule has 0 fully saturated rings. The Balaban J connectivity index is 1.92. The first kappa shape index (κ1) is 13.7. The van der Waals surface area contributed by atoms with Crippen molar-refractivity contribution in [3.63, 3.8) is 0 Å². The van der Waals surface area contributed by atoms with Crippen LogP contribution in [0.4, 0.5) is 11.5 Å². The normalized spacial score (nSPS) is 10.7. The van der Waals surface area contributed by atoms with Gasteiger partial charge in [0.1, 0.15) is 11.6 Å². The van der Waals surface area contributed by atoms with Gasteiger partial charge < -0.3 is 10.4 Å². The molecule has 1 heterocycles. The molecule has 0 bridgehead atoms. The molecule has 2 N–H and O–H groups in total. The summed E-state index contributed by atoms with van der Waals surface area (Å²) >= 11 is 5.74. The number of alkyl halides is 1. The molecule has 3 rings (SSSR count). The molecule has 0 saturated carbocycles. The zero-order valence-corrected chi connectivity index (χ0v) is 12.1. The number of halogens is 1. The molecule has 0 unspecified atom stereocenters. The zero-order valence-electron chi connectivity index (χ0n) is 11.4. The summed E-state index contributed by atoms with van der Waals surface area (Å²) < 4.78 is 0. The lowest BCUT2D eigenvalue weighted by atomic mass is 10.1. The van der Waals surface area contributed by atoms with Crippen LogP contribution >= 0.6 is 11.6 Å². The third-order valence-corrected chi connectivity index (χ3v) is 3.54. The van der Waals surface area contributed by atoms with Gasteiger partial charge in [-0.05, 0) is 47.7 Å². The van der Waals surface area contributed by atoms with Crippen molar-refractivity contribution in [2.24, 2.45) is 0 Å². The molecular weight excluding hydrogens is 284 g/mol. The van der Waals surface area contributed by atoms with E-state index in [0.29, 0.717) is 5.88 Å². The second-order valence-corrected chi connectivity index (χ2v) is 5.20. The number of rotatable bonds is 4. The Hall–Kier alpha value is -2.26. The van der Waals surface area contributed by atoms with Crippen molar-refractivity contribution in [3.05, 3.63) is 60.3 Å². The predicted molar refractivity (Wildman–Crippen MR) is 87.6 cm³/mol. The summed E-state index contributed by atoms with van der Waals surface area (Å²) in [6.07, 6.45) is 2.62. The maximum Gasteiger partial charge on any atom is 0.138 e. The van der Waals surface area contributed by atoms with E-state index >= 15 is 0 Å². The van der Waals surface area contributed by atoms with E-state index in [1.165, 1.54) is 5.56 Å². The average Bonchev–Trinajstić information content (AvgIpc) is 2.50. The first-order valence-corrected chi connectivity index (χ1v) is 7.29. The quantitative estimate of drug-likeness (QED) is 0.699. The van der Waals surface area contributed by atoms with E-state index in [1.807, 2.05) is 36.4 Å². The Kier molecular flexibility index (Phi) is 3.93.